The minimum Gasteiger partial charge on any atom is -0.298 e. The number of nitrogens with one attached hydrogen (secondary N) is 1. The summed E-state index contributed by atoms with van der Waals surface area (Å²) in [7, 11) is 0. The molecule has 2 rings (SSSR count). The van der Waals surface area contributed by atoms with Crippen LogP contribution in [0.1, 0.15) is 16.1 Å². The van der Waals surface area contributed by atoms with E-state index in [1.807, 2.05) is 13.0 Å². The van der Waals surface area contributed by atoms with Gasteiger partial charge in [0.1, 0.15) is 6.29 Å². The molecule has 0 bridgehead atoms. The smallest absolute Gasteiger partial charge is 0.150 e. The first-order chi connectivity index (χ1) is 5.81. The molecule has 0 amide bonds. The van der Waals surface area contributed by atoms with Gasteiger partial charge in [-0.25, -0.2) is 0 Å². The summed E-state index contributed by atoms with van der Waals surface area (Å²) < 4.78 is 0. The molecule has 0 unspecified atom stereocenters. The Morgan fingerprint density at radius 1 is 1.50 bits per heavy atom. The second-order valence-electron chi connectivity index (χ2n) is 2.73. The van der Waals surface area contributed by atoms with Gasteiger partial charge in [0.15, 0.2) is 0 Å². The first-order valence-electron chi connectivity index (χ1n) is 3.71. The lowest BCUT2D eigenvalue weighted by Crippen LogP contribution is -1.78. The second kappa shape index (κ2) is 2.44. The molecule has 1 heterocycles. The zero-order valence-electron chi connectivity index (χ0n) is 6.66. The summed E-state index contributed by atoms with van der Waals surface area (Å²) in [6.45, 7) is 1.93. The van der Waals surface area contributed by atoms with Gasteiger partial charge in [-0.3, -0.25) is 9.89 Å². The van der Waals surface area contributed by atoms with Gasteiger partial charge < -0.3 is 0 Å². The molecule has 1 N–H and O–H groups in total. The fourth-order valence-corrected chi connectivity index (χ4v) is 1.25. The van der Waals surface area contributed by atoms with Gasteiger partial charge in [-0.2, -0.15) is 5.10 Å². The molecule has 12 heavy (non-hydrogen) atoms. The van der Waals surface area contributed by atoms with Crippen LogP contribution in [0.2, 0.25) is 0 Å². The Labute approximate surface area is 69.4 Å². The van der Waals surface area contributed by atoms with Crippen molar-refractivity contribution in [3.05, 3.63) is 29.5 Å². The van der Waals surface area contributed by atoms with Crippen LogP contribution in [0.25, 0.3) is 10.9 Å². The van der Waals surface area contributed by atoms with Gasteiger partial charge in [-0.15, -0.1) is 0 Å². The van der Waals surface area contributed by atoms with Crippen LogP contribution in [0.5, 0.6) is 0 Å². The van der Waals surface area contributed by atoms with Crippen LogP contribution in [-0.2, 0) is 0 Å². The molecule has 0 fully saturated rings. The molecule has 2 aromatic rings. The lowest BCUT2D eigenvalue weighted by atomic mass is 10.1. The van der Waals surface area contributed by atoms with E-state index in [0.29, 0.717) is 5.56 Å². The number of aromatic amines is 1. The third-order valence-corrected chi connectivity index (χ3v) is 1.91. The predicted octanol–water partition coefficient (Wildman–Crippen LogP) is 1.68. The molecule has 1 aromatic heterocycles. The van der Waals surface area contributed by atoms with Crippen molar-refractivity contribution in [2.24, 2.45) is 0 Å². The molecule has 0 spiro atoms. The average molecular weight is 160 g/mol. The Kier molecular flexibility index (Phi) is 1.43. The van der Waals surface area contributed by atoms with Crippen LogP contribution in [0, 0.1) is 6.92 Å². The van der Waals surface area contributed by atoms with Crippen LogP contribution in [-0.4, -0.2) is 16.5 Å². The van der Waals surface area contributed by atoms with Crippen molar-refractivity contribution in [3.8, 4) is 0 Å². The maximum atomic E-state index is 10.4. The number of hydrogen-bond donors (Lipinski definition) is 1. The first-order valence-corrected chi connectivity index (χ1v) is 3.71. The maximum absolute atomic E-state index is 10.4. The van der Waals surface area contributed by atoms with E-state index in [9.17, 15) is 4.79 Å². The van der Waals surface area contributed by atoms with Crippen molar-refractivity contribution in [2.75, 3.05) is 0 Å². The first kappa shape index (κ1) is 7.03. The van der Waals surface area contributed by atoms with Crippen LogP contribution < -0.4 is 0 Å². The normalized spacial score (nSPS) is 10.4. The molecule has 3 nitrogen and oxygen atoms in total. The predicted molar refractivity (Wildman–Crippen MR) is 46.2 cm³/mol. The summed E-state index contributed by atoms with van der Waals surface area (Å²) in [5.74, 6) is 0. The summed E-state index contributed by atoms with van der Waals surface area (Å²) in [5.41, 5.74) is 2.55. The topological polar surface area (TPSA) is 45.8 Å². The molecule has 0 atom stereocenters. The zero-order valence-corrected chi connectivity index (χ0v) is 6.66. The van der Waals surface area contributed by atoms with E-state index in [-0.39, 0.29) is 0 Å². The Bertz CT molecular complexity index is 431. The molecule has 0 radical (unpaired) electrons. The number of carbonyl (C=O) groups excluding carboxylic acids is 1. The number of H-pyrrole nitrogens is 1. The van der Waals surface area contributed by atoms with Crippen molar-refractivity contribution in [2.45, 2.75) is 6.92 Å². The van der Waals surface area contributed by atoms with E-state index >= 15 is 0 Å². The molecule has 0 aliphatic rings. The number of aryl methyl sites for hydroxylation is 1. The molecule has 0 aliphatic heterocycles. The molecule has 60 valence electrons. The van der Waals surface area contributed by atoms with Gasteiger partial charge in [0.2, 0.25) is 0 Å². The highest BCUT2D eigenvalue weighted by Crippen LogP contribution is 2.15. The van der Waals surface area contributed by atoms with Gasteiger partial charge in [-0.05, 0) is 13.0 Å². The van der Waals surface area contributed by atoms with Crippen LogP contribution >= 0.6 is 0 Å². The summed E-state index contributed by atoms with van der Waals surface area (Å²) in [6, 6.07) is 5.48. The number of fused-ring (bicyclic) bond motifs is 1. The fourth-order valence-electron chi connectivity index (χ4n) is 1.25. The van der Waals surface area contributed by atoms with Crippen LogP contribution in [0.4, 0.5) is 0 Å². The van der Waals surface area contributed by atoms with Gasteiger partial charge in [-0.1, -0.05) is 12.1 Å². The Morgan fingerprint density at radius 3 is 3.08 bits per heavy atom. The highest BCUT2D eigenvalue weighted by atomic mass is 16.1. The third kappa shape index (κ3) is 0.906. The molecular weight excluding hydrogens is 152 g/mol. The largest absolute Gasteiger partial charge is 0.298 e. The van der Waals surface area contributed by atoms with Crippen molar-refractivity contribution in [1.29, 1.82) is 0 Å². The number of aldehydes is 1. The quantitative estimate of drug-likeness (QED) is 0.645. The summed E-state index contributed by atoms with van der Waals surface area (Å²) in [5, 5.41) is 7.95. The number of nitrogens with zero attached hydrogens (tertiary/aromatic N) is 1. The minimum absolute atomic E-state index is 0.672. The van der Waals surface area contributed by atoms with Crippen molar-refractivity contribution in [1.82, 2.24) is 10.2 Å². The van der Waals surface area contributed by atoms with E-state index in [4.69, 9.17) is 0 Å². The maximum Gasteiger partial charge on any atom is 0.150 e. The monoisotopic (exact) mass is 160 g/mol. The minimum atomic E-state index is 0.672. The molecular formula is C9H8N2O. The van der Waals surface area contributed by atoms with Gasteiger partial charge >= 0.3 is 0 Å². The Balaban J connectivity index is 2.77. The van der Waals surface area contributed by atoms with Crippen LogP contribution in [0.3, 0.4) is 0 Å². The highest BCUT2D eigenvalue weighted by molar-refractivity contribution is 5.87. The SMILES string of the molecule is Cc1n[nH]c2cc(C=O)ccc12. The Morgan fingerprint density at radius 2 is 2.33 bits per heavy atom. The summed E-state index contributed by atoms with van der Waals surface area (Å²) in [6.07, 6.45) is 0.829. The van der Waals surface area contributed by atoms with Gasteiger partial charge in [0.25, 0.3) is 0 Å². The molecule has 3 heteroatoms. The molecule has 0 aliphatic carbocycles. The van der Waals surface area contributed by atoms with Crippen molar-refractivity contribution < 1.29 is 4.79 Å². The summed E-state index contributed by atoms with van der Waals surface area (Å²) >= 11 is 0. The average Bonchev–Trinajstić information content (AvgIpc) is 2.47. The van der Waals surface area contributed by atoms with E-state index in [1.165, 1.54) is 0 Å². The number of hydrogen-bond acceptors (Lipinski definition) is 2. The van der Waals surface area contributed by atoms with Crippen molar-refractivity contribution >= 4 is 17.2 Å². The van der Waals surface area contributed by atoms with E-state index < -0.39 is 0 Å². The number of carbonyl (C=O) groups is 1. The van der Waals surface area contributed by atoms with Gasteiger partial charge in [0, 0.05) is 10.9 Å². The Hall–Kier alpha value is -1.64. The van der Waals surface area contributed by atoms with Crippen molar-refractivity contribution in [3.63, 3.8) is 0 Å². The molecule has 1 aromatic carbocycles. The van der Waals surface area contributed by atoms with E-state index in [0.717, 1.165) is 22.9 Å². The lowest BCUT2D eigenvalue weighted by molar-refractivity contribution is 0.112. The zero-order chi connectivity index (χ0) is 8.55. The number of rotatable bonds is 1. The number of benzene rings is 1. The lowest BCUT2D eigenvalue weighted by Gasteiger charge is -1.90. The van der Waals surface area contributed by atoms with E-state index in [1.54, 1.807) is 12.1 Å². The van der Waals surface area contributed by atoms with E-state index in [2.05, 4.69) is 10.2 Å². The summed E-state index contributed by atoms with van der Waals surface area (Å²) in [4.78, 5) is 10.4. The highest BCUT2D eigenvalue weighted by Gasteiger charge is 2.00. The second-order valence-corrected chi connectivity index (χ2v) is 2.73. The third-order valence-electron chi connectivity index (χ3n) is 1.91. The fraction of sp³-hybridized carbons (Fsp3) is 0.111. The standard InChI is InChI=1S/C9H8N2O/c1-6-8-3-2-7(5-12)4-9(8)11-10-6/h2-5H,1H3,(H,10,11). The molecule has 0 saturated heterocycles. The van der Waals surface area contributed by atoms with Gasteiger partial charge in [0.05, 0.1) is 11.2 Å². The molecule has 0 saturated carbocycles. The number of aromatic nitrogens is 2. The van der Waals surface area contributed by atoms with Crippen LogP contribution in [0.15, 0.2) is 18.2 Å².